The summed E-state index contributed by atoms with van der Waals surface area (Å²) < 4.78 is 11.9. The Morgan fingerprint density at radius 3 is 3.00 bits per heavy atom. The van der Waals surface area contributed by atoms with Crippen molar-refractivity contribution in [1.29, 1.82) is 0 Å². The molecule has 1 aliphatic rings. The van der Waals surface area contributed by atoms with E-state index in [1.54, 1.807) is 11.3 Å². The summed E-state index contributed by atoms with van der Waals surface area (Å²) in [5.74, 6) is 1.70. The molecule has 112 valence electrons. The summed E-state index contributed by atoms with van der Waals surface area (Å²) >= 11 is 1.76. The summed E-state index contributed by atoms with van der Waals surface area (Å²) in [5.41, 5.74) is 7.07. The van der Waals surface area contributed by atoms with Crippen LogP contribution in [0.3, 0.4) is 0 Å². The molecule has 1 aromatic carbocycles. The fourth-order valence-corrected chi connectivity index (χ4v) is 3.39. The Morgan fingerprint density at radius 1 is 1.38 bits per heavy atom. The van der Waals surface area contributed by atoms with E-state index in [2.05, 4.69) is 31.4 Å². The second-order valence-corrected chi connectivity index (χ2v) is 7.08. The summed E-state index contributed by atoms with van der Waals surface area (Å²) in [5, 5.41) is 2.09. The molecule has 1 unspecified atom stereocenters. The maximum absolute atomic E-state index is 6.22. The van der Waals surface area contributed by atoms with Crippen LogP contribution >= 0.6 is 11.3 Å². The monoisotopic (exact) mass is 303 g/mol. The van der Waals surface area contributed by atoms with Crippen LogP contribution in [0.1, 0.15) is 36.8 Å². The van der Waals surface area contributed by atoms with Gasteiger partial charge in [-0.25, -0.2) is 0 Å². The van der Waals surface area contributed by atoms with Crippen molar-refractivity contribution in [3.63, 3.8) is 0 Å². The van der Waals surface area contributed by atoms with E-state index < -0.39 is 0 Å². The number of rotatable bonds is 4. The third-order valence-corrected chi connectivity index (χ3v) is 4.62. The van der Waals surface area contributed by atoms with Crippen molar-refractivity contribution in [2.24, 2.45) is 5.73 Å². The minimum Gasteiger partial charge on any atom is -0.493 e. The third kappa shape index (κ3) is 3.39. The number of ether oxygens (including phenoxy) is 2. The highest BCUT2D eigenvalue weighted by Crippen LogP contribution is 2.39. The molecule has 0 saturated heterocycles. The van der Waals surface area contributed by atoms with Crippen LogP contribution in [0.15, 0.2) is 35.7 Å². The molecular formula is C17H21NO2S. The summed E-state index contributed by atoms with van der Waals surface area (Å²) in [4.78, 5) is 1.34. The van der Waals surface area contributed by atoms with Gasteiger partial charge in [0.05, 0.1) is 6.61 Å². The van der Waals surface area contributed by atoms with Gasteiger partial charge in [-0.3, -0.25) is 0 Å². The van der Waals surface area contributed by atoms with Crippen molar-refractivity contribution in [2.75, 3.05) is 6.61 Å². The fraction of sp³-hybridized carbons (Fsp3) is 0.412. The first-order valence-electron chi connectivity index (χ1n) is 7.27. The highest BCUT2D eigenvalue weighted by molar-refractivity contribution is 7.09. The van der Waals surface area contributed by atoms with Crippen LogP contribution < -0.4 is 15.2 Å². The molecule has 4 heteroatoms. The minimum absolute atomic E-state index is 0.0314. The van der Waals surface area contributed by atoms with Gasteiger partial charge in [-0.15, -0.1) is 11.3 Å². The molecule has 0 bridgehead atoms. The van der Waals surface area contributed by atoms with Crippen LogP contribution in [0, 0.1) is 0 Å². The molecule has 2 heterocycles. The van der Waals surface area contributed by atoms with E-state index in [1.165, 1.54) is 4.88 Å². The molecule has 0 amide bonds. The summed E-state index contributed by atoms with van der Waals surface area (Å²) in [7, 11) is 0. The third-order valence-electron chi connectivity index (χ3n) is 3.68. The van der Waals surface area contributed by atoms with Crippen LogP contribution in [0.25, 0.3) is 0 Å². The van der Waals surface area contributed by atoms with Gasteiger partial charge in [0.15, 0.2) is 0 Å². The standard InChI is InChI=1S/C17H21NO2S/c1-17(2)11-15(18)14-6-5-12(10-16(14)20-17)19-8-7-13-4-3-9-21-13/h3-6,9-10,15H,7-8,11,18H2,1-2H3. The van der Waals surface area contributed by atoms with Gasteiger partial charge in [0, 0.05) is 35.4 Å². The molecule has 0 aliphatic carbocycles. The minimum atomic E-state index is -0.220. The summed E-state index contributed by atoms with van der Waals surface area (Å²) in [6, 6.07) is 10.2. The number of hydrogen-bond donors (Lipinski definition) is 1. The lowest BCUT2D eigenvalue weighted by Crippen LogP contribution is -2.37. The largest absolute Gasteiger partial charge is 0.493 e. The zero-order chi connectivity index (χ0) is 14.9. The van der Waals surface area contributed by atoms with E-state index in [0.29, 0.717) is 6.61 Å². The molecule has 2 N–H and O–H groups in total. The van der Waals surface area contributed by atoms with Crippen LogP contribution in [0.2, 0.25) is 0 Å². The smallest absolute Gasteiger partial charge is 0.128 e. The molecule has 2 aromatic rings. The SMILES string of the molecule is CC1(C)CC(N)c2ccc(OCCc3cccs3)cc2O1. The average Bonchev–Trinajstić information content (AvgIpc) is 2.90. The van der Waals surface area contributed by atoms with E-state index in [0.717, 1.165) is 29.9 Å². The fourth-order valence-electron chi connectivity index (χ4n) is 2.70. The predicted molar refractivity (Wildman–Crippen MR) is 86.2 cm³/mol. The lowest BCUT2D eigenvalue weighted by Gasteiger charge is -2.36. The normalized spacial score (nSPS) is 19.7. The van der Waals surface area contributed by atoms with Crippen molar-refractivity contribution in [3.8, 4) is 11.5 Å². The first kappa shape index (κ1) is 14.4. The van der Waals surface area contributed by atoms with Gasteiger partial charge in [0.1, 0.15) is 17.1 Å². The number of benzene rings is 1. The number of hydrogen-bond acceptors (Lipinski definition) is 4. The van der Waals surface area contributed by atoms with E-state index >= 15 is 0 Å². The van der Waals surface area contributed by atoms with Crippen molar-refractivity contribution >= 4 is 11.3 Å². The van der Waals surface area contributed by atoms with Crippen molar-refractivity contribution in [1.82, 2.24) is 0 Å². The number of thiophene rings is 1. The second kappa shape index (κ2) is 5.70. The van der Waals surface area contributed by atoms with E-state index in [9.17, 15) is 0 Å². The van der Waals surface area contributed by atoms with Crippen molar-refractivity contribution in [2.45, 2.75) is 38.3 Å². The first-order chi connectivity index (χ1) is 10.0. The molecular weight excluding hydrogens is 282 g/mol. The summed E-state index contributed by atoms with van der Waals surface area (Å²) in [6.07, 6.45) is 1.76. The first-order valence-corrected chi connectivity index (χ1v) is 8.15. The molecule has 0 fully saturated rings. The van der Waals surface area contributed by atoms with Crippen LogP contribution in [-0.4, -0.2) is 12.2 Å². The Morgan fingerprint density at radius 2 is 2.24 bits per heavy atom. The Balaban J connectivity index is 1.68. The van der Waals surface area contributed by atoms with E-state index in [1.807, 2.05) is 18.2 Å². The maximum Gasteiger partial charge on any atom is 0.128 e. The molecule has 0 spiro atoms. The van der Waals surface area contributed by atoms with Gasteiger partial charge in [0.2, 0.25) is 0 Å². The highest BCUT2D eigenvalue weighted by Gasteiger charge is 2.31. The Bertz CT molecular complexity index is 607. The zero-order valence-corrected chi connectivity index (χ0v) is 13.3. The molecule has 3 nitrogen and oxygen atoms in total. The van der Waals surface area contributed by atoms with E-state index in [-0.39, 0.29) is 11.6 Å². The molecule has 3 rings (SSSR count). The second-order valence-electron chi connectivity index (χ2n) is 6.05. The lowest BCUT2D eigenvalue weighted by molar-refractivity contribution is 0.0724. The molecule has 1 aliphatic heterocycles. The molecule has 1 atom stereocenters. The van der Waals surface area contributed by atoms with Gasteiger partial charge >= 0.3 is 0 Å². The van der Waals surface area contributed by atoms with Crippen LogP contribution in [0.4, 0.5) is 0 Å². The van der Waals surface area contributed by atoms with Gasteiger partial charge < -0.3 is 15.2 Å². The number of nitrogens with two attached hydrogens (primary N) is 1. The highest BCUT2D eigenvalue weighted by atomic mass is 32.1. The topological polar surface area (TPSA) is 44.5 Å². The van der Waals surface area contributed by atoms with Crippen LogP contribution in [0.5, 0.6) is 11.5 Å². The van der Waals surface area contributed by atoms with Crippen molar-refractivity contribution < 1.29 is 9.47 Å². The van der Waals surface area contributed by atoms with Gasteiger partial charge in [-0.2, -0.15) is 0 Å². The molecule has 0 saturated carbocycles. The zero-order valence-electron chi connectivity index (χ0n) is 12.5. The quantitative estimate of drug-likeness (QED) is 0.930. The Labute approximate surface area is 129 Å². The van der Waals surface area contributed by atoms with Crippen LogP contribution in [-0.2, 0) is 6.42 Å². The molecule has 21 heavy (non-hydrogen) atoms. The van der Waals surface area contributed by atoms with Gasteiger partial charge in [-0.1, -0.05) is 12.1 Å². The Hall–Kier alpha value is -1.52. The maximum atomic E-state index is 6.22. The lowest BCUT2D eigenvalue weighted by atomic mass is 9.90. The summed E-state index contributed by atoms with van der Waals surface area (Å²) in [6.45, 7) is 4.81. The average molecular weight is 303 g/mol. The van der Waals surface area contributed by atoms with Crippen molar-refractivity contribution in [3.05, 3.63) is 46.2 Å². The van der Waals surface area contributed by atoms with Gasteiger partial charge in [0.25, 0.3) is 0 Å². The van der Waals surface area contributed by atoms with Gasteiger partial charge in [-0.05, 0) is 31.4 Å². The molecule has 0 radical (unpaired) electrons. The Kier molecular flexibility index (Phi) is 3.91. The van der Waals surface area contributed by atoms with E-state index in [4.69, 9.17) is 15.2 Å². The predicted octanol–water partition coefficient (Wildman–Crippen LogP) is 3.93. The number of fused-ring (bicyclic) bond motifs is 1. The molecule has 1 aromatic heterocycles.